The van der Waals surface area contributed by atoms with Gasteiger partial charge in [-0.1, -0.05) is 6.08 Å². The molecule has 92 valence electrons. The maximum atomic E-state index is 11.2. The minimum Gasteiger partial charge on any atom is -0.457 e. The van der Waals surface area contributed by atoms with Crippen molar-refractivity contribution in [1.29, 1.82) is 0 Å². The number of aliphatic hydroxyl groups excluding tert-OH is 3. The molecule has 0 spiro atoms. The fourth-order valence-corrected chi connectivity index (χ4v) is 1.50. The van der Waals surface area contributed by atoms with Crippen LogP contribution in [0, 0.1) is 0 Å². The van der Waals surface area contributed by atoms with E-state index in [1.165, 1.54) is 6.08 Å². The third kappa shape index (κ3) is 3.02. The molecule has 0 amide bonds. The zero-order valence-electron chi connectivity index (χ0n) is 8.78. The highest BCUT2D eigenvalue weighted by molar-refractivity contribution is 5.71. The molecule has 6 heteroatoms. The number of carbonyl (C=O) groups is 1. The fourth-order valence-electron chi connectivity index (χ4n) is 1.50. The van der Waals surface area contributed by atoms with Crippen LogP contribution >= 0.6 is 0 Å². The molecular weight excluding hydrogens is 216 g/mol. The van der Waals surface area contributed by atoms with E-state index < -0.39 is 37.0 Å². The van der Waals surface area contributed by atoms with Gasteiger partial charge in [-0.05, 0) is 0 Å². The van der Waals surface area contributed by atoms with Gasteiger partial charge in [-0.15, -0.1) is 6.58 Å². The van der Waals surface area contributed by atoms with Gasteiger partial charge in [0.1, 0.15) is 18.3 Å². The highest BCUT2D eigenvalue weighted by atomic mass is 16.6. The van der Waals surface area contributed by atoms with Crippen LogP contribution in [-0.2, 0) is 14.3 Å². The maximum Gasteiger partial charge on any atom is 0.310 e. The van der Waals surface area contributed by atoms with E-state index in [-0.39, 0.29) is 13.0 Å². The number of ether oxygens (including phenoxy) is 2. The van der Waals surface area contributed by atoms with Crippen molar-refractivity contribution in [3.63, 3.8) is 0 Å². The topological polar surface area (TPSA) is 96.2 Å². The Bertz CT molecular complexity index is 254. The number of esters is 1. The molecule has 0 aliphatic carbocycles. The Balaban J connectivity index is 2.54. The molecule has 4 atom stereocenters. The van der Waals surface area contributed by atoms with Crippen molar-refractivity contribution in [1.82, 2.24) is 0 Å². The summed E-state index contributed by atoms with van der Waals surface area (Å²) in [6.07, 6.45) is -2.65. The molecule has 1 rings (SSSR count). The molecular formula is C10H16O6. The Hall–Kier alpha value is -0.950. The van der Waals surface area contributed by atoms with Gasteiger partial charge in [-0.25, -0.2) is 0 Å². The van der Waals surface area contributed by atoms with Crippen LogP contribution in [0.4, 0.5) is 0 Å². The van der Waals surface area contributed by atoms with Crippen LogP contribution in [0.2, 0.25) is 0 Å². The van der Waals surface area contributed by atoms with Crippen molar-refractivity contribution in [3.8, 4) is 0 Å². The molecule has 3 N–H and O–H groups in total. The number of carbonyl (C=O) groups excluding carboxylic acids is 1. The average Bonchev–Trinajstić information content (AvgIpc) is 2.57. The summed E-state index contributed by atoms with van der Waals surface area (Å²) in [7, 11) is 0. The van der Waals surface area contributed by atoms with Gasteiger partial charge in [-0.2, -0.15) is 0 Å². The highest BCUT2D eigenvalue weighted by Gasteiger charge is 2.41. The van der Waals surface area contributed by atoms with Crippen LogP contribution < -0.4 is 0 Å². The van der Waals surface area contributed by atoms with Crippen LogP contribution in [-0.4, -0.2) is 58.9 Å². The lowest BCUT2D eigenvalue weighted by Crippen LogP contribution is -2.43. The van der Waals surface area contributed by atoms with E-state index in [1.54, 1.807) is 0 Å². The van der Waals surface area contributed by atoms with Crippen LogP contribution in [0.15, 0.2) is 12.7 Å². The molecule has 0 aromatic heterocycles. The average molecular weight is 232 g/mol. The van der Waals surface area contributed by atoms with Gasteiger partial charge < -0.3 is 24.8 Å². The Morgan fingerprint density at radius 3 is 2.75 bits per heavy atom. The number of aliphatic hydroxyl groups is 3. The predicted octanol–water partition coefficient (Wildman–Crippen LogP) is -1.41. The third-order valence-corrected chi connectivity index (χ3v) is 2.33. The first-order chi connectivity index (χ1) is 7.60. The van der Waals surface area contributed by atoms with Gasteiger partial charge in [0.25, 0.3) is 0 Å². The summed E-state index contributed by atoms with van der Waals surface area (Å²) in [5, 5.41) is 27.8. The summed E-state index contributed by atoms with van der Waals surface area (Å²) in [4.78, 5) is 11.2. The maximum absolute atomic E-state index is 11.2. The predicted molar refractivity (Wildman–Crippen MR) is 53.5 cm³/mol. The normalized spacial score (nSPS) is 31.1. The molecule has 1 saturated heterocycles. The molecule has 6 nitrogen and oxygen atoms in total. The lowest BCUT2D eigenvalue weighted by atomic mass is 10.1. The van der Waals surface area contributed by atoms with Crippen molar-refractivity contribution >= 4 is 5.97 Å². The minimum absolute atomic E-state index is 0.0157. The van der Waals surface area contributed by atoms with Crippen LogP contribution in [0.1, 0.15) is 6.42 Å². The summed E-state index contributed by atoms with van der Waals surface area (Å²) >= 11 is 0. The van der Waals surface area contributed by atoms with Crippen molar-refractivity contribution in [2.45, 2.75) is 30.8 Å². The van der Waals surface area contributed by atoms with Gasteiger partial charge in [0.2, 0.25) is 0 Å². The molecule has 0 unspecified atom stereocenters. The molecule has 16 heavy (non-hydrogen) atoms. The quantitative estimate of drug-likeness (QED) is 0.398. The molecule has 0 aromatic carbocycles. The molecule has 0 bridgehead atoms. The third-order valence-electron chi connectivity index (χ3n) is 2.33. The molecule has 0 radical (unpaired) electrons. The van der Waals surface area contributed by atoms with Gasteiger partial charge in [0.15, 0.2) is 6.10 Å². The molecule has 0 aromatic rings. The molecule has 1 heterocycles. The smallest absolute Gasteiger partial charge is 0.310 e. The standard InChI is InChI=1S/C10H16O6/c1-2-3-8(13)16-7(4-11)10-9(14)6(12)5-15-10/h2,6-7,9-12,14H,1,3-5H2/t6-,7+,9+,10+/m0/s1. The molecule has 1 aliphatic rings. The second-order valence-corrected chi connectivity index (χ2v) is 3.56. The van der Waals surface area contributed by atoms with E-state index in [9.17, 15) is 15.0 Å². The van der Waals surface area contributed by atoms with Gasteiger partial charge >= 0.3 is 5.97 Å². The summed E-state index contributed by atoms with van der Waals surface area (Å²) in [5.41, 5.74) is 0. The van der Waals surface area contributed by atoms with E-state index in [0.717, 1.165) is 0 Å². The number of rotatable bonds is 5. The van der Waals surface area contributed by atoms with Gasteiger partial charge in [0, 0.05) is 0 Å². The second kappa shape index (κ2) is 5.95. The first kappa shape index (κ1) is 13.1. The SMILES string of the molecule is C=CCC(=O)O[C@H](CO)[C@H]1OC[C@H](O)[C@H]1O. The van der Waals surface area contributed by atoms with E-state index >= 15 is 0 Å². The van der Waals surface area contributed by atoms with Gasteiger partial charge in [-0.3, -0.25) is 4.79 Å². The van der Waals surface area contributed by atoms with Crippen LogP contribution in [0.3, 0.4) is 0 Å². The first-order valence-electron chi connectivity index (χ1n) is 4.99. The van der Waals surface area contributed by atoms with Crippen LogP contribution in [0.25, 0.3) is 0 Å². The Morgan fingerprint density at radius 1 is 1.62 bits per heavy atom. The molecule has 1 fully saturated rings. The van der Waals surface area contributed by atoms with E-state index in [0.29, 0.717) is 0 Å². The second-order valence-electron chi connectivity index (χ2n) is 3.56. The Labute approximate surface area is 93.1 Å². The summed E-state index contributed by atoms with van der Waals surface area (Å²) < 4.78 is 9.93. The number of hydrogen-bond donors (Lipinski definition) is 3. The van der Waals surface area contributed by atoms with Crippen molar-refractivity contribution in [2.75, 3.05) is 13.2 Å². The van der Waals surface area contributed by atoms with Gasteiger partial charge in [0.05, 0.1) is 19.6 Å². The first-order valence-corrected chi connectivity index (χ1v) is 4.99. The lowest BCUT2D eigenvalue weighted by Gasteiger charge is -2.23. The summed E-state index contributed by atoms with van der Waals surface area (Å²) in [6, 6.07) is 0. The zero-order chi connectivity index (χ0) is 12.1. The minimum atomic E-state index is -1.16. The monoisotopic (exact) mass is 232 g/mol. The van der Waals surface area contributed by atoms with E-state index in [2.05, 4.69) is 6.58 Å². The van der Waals surface area contributed by atoms with E-state index in [1.807, 2.05) is 0 Å². The summed E-state index contributed by atoms with van der Waals surface area (Å²) in [5.74, 6) is -0.564. The molecule has 1 aliphatic heterocycles. The van der Waals surface area contributed by atoms with Crippen molar-refractivity contribution in [3.05, 3.63) is 12.7 Å². The summed E-state index contributed by atoms with van der Waals surface area (Å²) in [6.45, 7) is 2.86. The van der Waals surface area contributed by atoms with Crippen LogP contribution in [0.5, 0.6) is 0 Å². The Kier molecular flexibility index (Phi) is 4.88. The van der Waals surface area contributed by atoms with Crippen molar-refractivity contribution in [2.24, 2.45) is 0 Å². The van der Waals surface area contributed by atoms with Crippen molar-refractivity contribution < 1.29 is 29.6 Å². The number of hydrogen-bond acceptors (Lipinski definition) is 6. The Morgan fingerprint density at radius 2 is 2.31 bits per heavy atom. The molecule has 0 saturated carbocycles. The lowest BCUT2D eigenvalue weighted by molar-refractivity contribution is -0.161. The zero-order valence-corrected chi connectivity index (χ0v) is 8.78. The highest BCUT2D eigenvalue weighted by Crippen LogP contribution is 2.19. The van der Waals surface area contributed by atoms with E-state index in [4.69, 9.17) is 14.6 Å². The largest absolute Gasteiger partial charge is 0.457 e. The fraction of sp³-hybridized carbons (Fsp3) is 0.700.